The number of carbonyl (C=O) groups is 1. The van der Waals surface area contributed by atoms with Gasteiger partial charge in [0.2, 0.25) is 0 Å². The number of fused-ring (bicyclic) bond motifs is 1. The Balaban J connectivity index is 1.29. The zero-order valence-electron chi connectivity index (χ0n) is 21.7. The van der Waals surface area contributed by atoms with Crippen molar-refractivity contribution in [3.05, 3.63) is 122 Å². The number of nitrogens with one attached hydrogen (secondary N) is 1. The first-order chi connectivity index (χ1) is 19.4. The van der Waals surface area contributed by atoms with Crippen LogP contribution >= 0.6 is 11.6 Å². The SMILES string of the molecule is N#Cc1cccc(-c2cccc(C3(c4nc5c(c(=O)[nH]4)CN(C(=O)C(O)c4cccc(Cl)c4)CCC5)CC3)c2)c1. The molecule has 0 spiro atoms. The molecule has 6 rings (SSSR count). The number of rotatable bonds is 5. The summed E-state index contributed by atoms with van der Waals surface area (Å²) in [5, 5.41) is 20.5. The van der Waals surface area contributed by atoms with Crippen LogP contribution in [-0.2, 0) is 23.2 Å². The predicted molar refractivity (Wildman–Crippen MR) is 152 cm³/mol. The fourth-order valence-electron chi connectivity index (χ4n) is 5.58. The van der Waals surface area contributed by atoms with Crippen molar-refractivity contribution in [3.8, 4) is 17.2 Å². The van der Waals surface area contributed by atoms with E-state index in [0.717, 1.165) is 29.5 Å². The van der Waals surface area contributed by atoms with Crippen LogP contribution in [0.2, 0.25) is 5.02 Å². The fraction of sp³-hybridized carbons (Fsp3) is 0.250. The molecule has 2 N–H and O–H groups in total. The summed E-state index contributed by atoms with van der Waals surface area (Å²) in [7, 11) is 0. The number of H-pyrrole nitrogens is 1. The second kappa shape index (κ2) is 10.4. The van der Waals surface area contributed by atoms with Crippen molar-refractivity contribution >= 4 is 17.5 Å². The molecular weight excluding hydrogens is 524 g/mol. The molecule has 40 heavy (non-hydrogen) atoms. The highest BCUT2D eigenvalue weighted by Crippen LogP contribution is 2.52. The average Bonchev–Trinajstić information content (AvgIpc) is 3.81. The number of hydrogen-bond acceptors (Lipinski definition) is 5. The van der Waals surface area contributed by atoms with Gasteiger partial charge in [0.15, 0.2) is 6.10 Å². The zero-order valence-corrected chi connectivity index (χ0v) is 22.5. The molecule has 2 heterocycles. The monoisotopic (exact) mass is 550 g/mol. The number of aliphatic hydroxyl groups is 1. The number of hydrogen-bond donors (Lipinski definition) is 2. The molecule has 0 bridgehead atoms. The van der Waals surface area contributed by atoms with E-state index in [1.165, 1.54) is 4.90 Å². The lowest BCUT2D eigenvalue weighted by atomic mass is 9.91. The van der Waals surface area contributed by atoms with Crippen molar-refractivity contribution in [1.29, 1.82) is 5.26 Å². The molecule has 1 aliphatic carbocycles. The molecule has 1 aliphatic heterocycles. The third-order valence-electron chi connectivity index (χ3n) is 7.95. The molecule has 1 saturated carbocycles. The minimum atomic E-state index is -1.36. The van der Waals surface area contributed by atoms with E-state index < -0.39 is 12.0 Å². The smallest absolute Gasteiger partial charge is 0.256 e. The molecular formula is C32H27ClN4O3. The number of amides is 1. The summed E-state index contributed by atoms with van der Waals surface area (Å²) in [4.78, 5) is 36.1. The van der Waals surface area contributed by atoms with Crippen LogP contribution in [0.15, 0.2) is 77.6 Å². The van der Waals surface area contributed by atoms with Gasteiger partial charge in [-0.2, -0.15) is 5.26 Å². The van der Waals surface area contributed by atoms with Gasteiger partial charge >= 0.3 is 0 Å². The van der Waals surface area contributed by atoms with Crippen molar-refractivity contribution < 1.29 is 9.90 Å². The number of aromatic amines is 1. The summed E-state index contributed by atoms with van der Waals surface area (Å²) in [6.45, 7) is 0.503. The number of aromatic nitrogens is 2. The Kier molecular flexibility index (Phi) is 6.75. The summed E-state index contributed by atoms with van der Waals surface area (Å²) in [6, 6.07) is 24.5. The van der Waals surface area contributed by atoms with Gasteiger partial charge in [-0.1, -0.05) is 60.1 Å². The standard InChI is InChI=1S/C32H27ClN4O3/c33-25-10-3-8-23(17-25)28(38)30(40)37-14-4-11-27-26(19-37)29(39)36-31(35-27)32(12-13-32)24-9-2-7-22(16-24)21-6-1-5-20(15-21)18-34/h1-3,5-10,15-17,28,38H,4,11-14,19H2,(H,35,36,39). The van der Waals surface area contributed by atoms with Gasteiger partial charge in [0.05, 0.1) is 34.8 Å². The van der Waals surface area contributed by atoms with Crippen molar-refractivity contribution in [2.24, 2.45) is 0 Å². The highest BCUT2D eigenvalue weighted by Gasteiger charge is 2.49. The number of nitrogens with zero attached hydrogens (tertiary/aromatic N) is 3. The Morgan fingerprint density at radius 2 is 1.82 bits per heavy atom. The van der Waals surface area contributed by atoms with E-state index >= 15 is 0 Å². The van der Waals surface area contributed by atoms with E-state index in [9.17, 15) is 20.0 Å². The van der Waals surface area contributed by atoms with Crippen LogP contribution in [0.3, 0.4) is 0 Å². The van der Waals surface area contributed by atoms with Gasteiger partial charge in [-0.3, -0.25) is 9.59 Å². The van der Waals surface area contributed by atoms with Crippen LogP contribution < -0.4 is 5.56 Å². The Bertz CT molecular complexity index is 1720. The summed E-state index contributed by atoms with van der Waals surface area (Å²) >= 11 is 6.04. The van der Waals surface area contributed by atoms with Crippen LogP contribution in [0.1, 0.15) is 59.1 Å². The highest BCUT2D eigenvalue weighted by molar-refractivity contribution is 6.30. The molecule has 1 fully saturated rings. The lowest BCUT2D eigenvalue weighted by Gasteiger charge is -2.24. The molecule has 4 aromatic rings. The maximum atomic E-state index is 13.4. The third-order valence-corrected chi connectivity index (χ3v) is 8.18. The number of aliphatic hydroxyl groups excluding tert-OH is 1. The fourth-order valence-corrected chi connectivity index (χ4v) is 5.78. The number of aryl methyl sites for hydroxylation is 1. The van der Waals surface area contributed by atoms with Gasteiger partial charge in [-0.25, -0.2) is 4.98 Å². The number of carbonyl (C=O) groups excluding carboxylic acids is 1. The molecule has 1 atom stereocenters. The van der Waals surface area contributed by atoms with Crippen molar-refractivity contribution in [2.45, 2.75) is 43.7 Å². The molecule has 0 radical (unpaired) electrons. The predicted octanol–water partition coefficient (Wildman–Crippen LogP) is 5.05. The van der Waals surface area contributed by atoms with Gasteiger partial charge in [0, 0.05) is 11.6 Å². The minimum absolute atomic E-state index is 0.0894. The van der Waals surface area contributed by atoms with Crippen molar-refractivity contribution in [1.82, 2.24) is 14.9 Å². The topological polar surface area (TPSA) is 110 Å². The molecule has 2 aliphatic rings. The van der Waals surface area contributed by atoms with Gasteiger partial charge in [0.1, 0.15) is 5.82 Å². The maximum absolute atomic E-state index is 13.4. The third kappa shape index (κ3) is 4.81. The average molecular weight is 551 g/mol. The number of nitriles is 1. The Morgan fingerprint density at radius 3 is 2.58 bits per heavy atom. The van der Waals surface area contributed by atoms with Gasteiger partial charge < -0.3 is 15.0 Å². The maximum Gasteiger partial charge on any atom is 0.256 e. The first kappa shape index (κ1) is 26.0. The summed E-state index contributed by atoms with van der Waals surface area (Å²) in [5.74, 6) is 0.187. The molecule has 8 heteroatoms. The largest absolute Gasteiger partial charge is 0.378 e. The van der Waals surface area contributed by atoms with E-state index in [1.807, 2.05) is 30.3 Å². The van der Waals surface area contributed by atoms with Crippen LogP contribution in [0.5, 0.6) is 0 Å². The first-order valence-electron chi connectivity index (χ1n) is 13.3. The van der Waals surface area contributed by atoms with Crippen LogP contribution in [-0.4, -0.2) is 32.4 Å². The summed E-state index contributed by atoms with van der Waals surface area (Å²) in [5.41, 5.74) is 4.61. The normalized spacial score (nSPS) is 16.4. The number of halogens is 1. The molecule has 1 amide bonds. The Hall–Kier alpha value is -4.25. The lowest BCUT2D eigenvalue weighted by Crippen LogP contribution is -2.36. The lowest BCUT2D eigenvalue weighted by molar-refractivity contribution is -0.141. The summed E-state index contributed by atoms with van der Waals surface area (Å²) < 4.78 is 0. The summed E-state index contributed by atoms with van der Waals surface area (Å²) in [6.07, 6.45) is 1.58. The molecule has 1 aromatic heterocycles. The van der Waals surface area contributed by atoms with Crippen LogP contribution in [0.4, 0.5) is 0 Å². The zero-order chi connectivity index (χ0) is 27.9. The van der Waals surface area contributed by atoms with Gasteiger partial charge in [-0.05, 0) is 72.2 Å². The van der Waals surface area contributed by atoms with Crippen molar-refractivity contribution in [3.63, 3.8) is 0 Å². The van der Waals surface area contributed by atoms with E-state index in [2.05, 4.69) is 23.2 Å². The molecule has 7 nitrogen and oxygen atoms in total. The van der Waals surface area contributed by atoms with E-state index in [1.54, 1.807) is 30.3 Å². The van der Waals surface area contributed by atoms with Gasteiger partial charge in [0.25, 0.3) is 11.5 Å². The number of benzene rings is 3. The van der Waals surface area contributed by atoms with E-state index in [-0.39, 0.29) is 17.5 Å². The first-order valence-corrected chi connectivity index (χ1v) is 13.7. The van der Waals surface area contributed by atoms with Crippen molar-refractivity contribution in [2.75, 3.05) is 6.54 Å². The van der Waals surface area contributed by atoms with E-state index in [4.69, 9.17) is 16.6 Å². The second-order valence-electron chi connectivity index (χ2n) is 10.5. The Labute approximate surface area is 236 Å². The minimum Gasteiger partial charge on any atom is -0.378 e. The van der Waals surface area contributed by atoms with Crippen LogP contribution in [0, 0.1) is 11.3 Å². The van der Waals surface area contributed by atoms with Crippen LogP contribution in [0.25, 0.3) is 11.1 Å². The highest BCUT2D eigenvalue weighted by atomic mass is 35.5. The molecule has 1 unspecified atom stereocenters. The second-order valence-corrected chi connectivity index (χ2v) is 11.0. The molecule has 0 saturated heterocycles. The quantitative estimate of drug-likeness (QED) is 0.361. The molecule has 3 aromatic carbocycles. The van der Waals surface area contributed by atoms with E-state index in [0.29, 0.717) is 52.6 Å². The van der Waals surface area contributed by atoms with Gasteiger partial charge in [-0.15, -0.1) is 0 Å². The Morgan fingerprint density at radius 1 is 1.07 bits per heavy atom. The molecule has 200 valence electrons.